The van der Waals surface area contributed by atoms with Gasteiger partial charge < -0.3 is 9.80 Å². The lowest BCUT2D eigenvalue weighted by Gasteiger charge is -2.35. The lowest BCUT2D eigenvalue weighted by atomic mass is 9.86. The predicted molar refractivity (Wildman–Crippen MR) is 114 cm³/mol. The van der Waals surface area contributed by atoms with E-state index >= 15 is 0 Å². The SMILES string of the molecule is O=C(CCC1CCCCC1)N1CCN(C(=O)c2cc([N+](=O)[O-])ccc2I)CC1. The molecule has 3 rings (SSSR count). The van der Waals surface area contributed by atoms with Gasteiger partial charge in [-0.1, -0.05) is 32.1 Å². The molecule has 0 unspecified atom stereocenters. The van der Waals surface area contributed by atoms with Crippen molar-refractivity contribution in [1.82, 2.24) is 9.80 Å². The summed E-state index contributed by atoms with van der Waals surface area (Å²) < 4.78 is 0.694. The molecule has 1 aromatic rings. The minimum Gasteiger partial charge on any atom is -0.339 e. The van der Waals surface area contributed by atoms with Crippen LogP contribution < -0.4 is 0 Å². The van der Waals surface area contributed by atoms with Crippen LogP contribution in [0.3, 0.4) is 0 Å². The van der Waals surface area contributed by atoms with Gasteiger partial charge >= 0.3 is 0 Å². The number of hydrogen-bond donors (Lipinski definition) is 0. The molecule has 1 aliphatic carbocycles. The number of halogens is 1. The van der Waals surface area contributed by atoms with E-state index in [1.807, 2.05) is 27.5 Å². The van der Waals surface area contributed by atoms with E-state index in [1.165, 1.54) is 44.2 Å². The second kappa shape index (κ2) is 9.67. The Labute approximate surface area is 178 Å². The number of hydrogen-bond acceptors (Lipinski definition) is 4. The Morgan fingerprint density at radius 3 is 2.36 bits per heavy atom. The summed E-state index contributed by atoms with van der Waals surface area (Å²) in [6, 6.07) is 4.34. The van der Waals surface area contributed by atoms with Crippen molar-refractivity contribution in [1.29, 1.82) is 0 Å². The fraction of sp³-hybridized carbons (Fsp3) is 0.600. The van der Waals surface area contributed by atoms with Gasteiger partial charge in [0.2, 0.25) is 5.91 Å². The van der Waals surface area contributed by atoms with E-state index < -0.39 is 4.92 Å². The summed E-state index contributed by atoms with van der Waals surface area (Å²) >= 11 is 2.02. The van der Waals surface area contributed by atoms with E-state index in [0.29, 0.717) is 47.7 Å². The lowest BCUT2D eigenvalue weighted by Crippen LogP contribution is -2.50. The number of carbonyl (C=O) groups is 2. The average Bonchev–Trinajstić information content (AvgIpc) is 2.72. The molecule has 2 amide bonds. The second-order valence-electron chi connectivity index (χ2n) is 7.64. The first-order valence-corrected chi connectivity index (χ1v) is 11.0. The van der Waals surface area contributed by atoms with Gasteiger partial charge in [-0.15, -0.1) is 0 Å². The molecular formula is C20H26IN3O4. The number of non-ortho nitro benzene ring substituents is 1. The minimum atomic E-state index is -0.490. The highest BCUT2D eigenvalue weighted by atomic mass is 127. The molecule has 2 aliphatic rings. The first-order chi connectivity index (χ1) is 13.5. The van der Waals surface area contributed by atoms with E-state index in [1.54, 1.807) is 11.0 Å². The van der Waals surface area contributed by atoms with Gasteiger partial charge in [0, 0.05) is 48.3 Å². The van der Waals surface area contributed by atoms with Crippen LogP contribution in [0.5, 0.6) is 0 Å². The molecule has 0 bridgehead atoms. The molecule has 1 aliphatic heterocycles. The van der Waals surface area contributed by atoms with E-state index in [4.69, 9.17) is 0 Å². The number of piperazine rings is 1. The van der Waals surface area contributed by atoms with Crippen LogP contribution >= 0.6 is 22.6 Å². The Morgan fingerprint density at radius 2 is 1.71 bits per heavy atom. The van der Waals surface area contributed by atoms with Crippen molar-refractivity contribution >= 4 is 40.1 Å². The standard InChI is InChI=1S/C20H26IN3O4/c21-18-8-7-16(24(27)28)14-17(18)20(26)23-12-10-22(11-13-23)19(25)9-6-15-4-2-1-3-5-15/h7-8,14-15H,1-6,9-13H2. The minimum absolute atomic E-state index is 0.0831. The Balaban J connectivity index is 1.52. The van der Waals surface area contributed by atoms with E-state index in [2.05, 4.69) is 0 Å². The van der Waals surface area contributed by atoms with Gasteiger partial charge in [0.05, 0.1) is 10.5 Å². The molecule has 1 heterocycles. The van der Waals surface area contributed by atoms with Crippen molar-refractivity contribution in [2.24, 2.45) is 5.92 Å². The largest absolute Gasteiger partial charge is 0.339 e. The number of nitro benzene ring substituents is 1. The van der Waals surface area contributed by atoms with Crippen LogP contribution in [0.4, 0.5) is 5.69 Å². The summed E-state index contributed by atoms with van der Waals surface area (Å²) in [7, 11) is 0. The van der Waals surface area contributed by atoms with Crippen LogP contribution in [0.2, 0.25) is 0 Å². The maximum absolute atomic E-state index is 12.8. The lowest BCUT2D eigenvalue weighted by molar-refractivity contribution is -0.384. The third kappa shape index (κ3) is 5.21. The van der Waals surface area contributed by atoms with E-state index in [0.717, 1.165) is 6.42 Å². The topological polar surface area (TPSA) is 83.8 Å². The number of carbonyl (C=O) groups excluding carboxylic acids is 2. The van der Waals surface area contributed by atoms with Gasteiger partial charge in [0.15, 0.2) is 0 Å². The third-order valence-corrected chi connectivity index (χ3v) is 6.74. The van der Waals surface area contributed by atoms with Crippen molar-refractivity contribution in [3.8, 4) is 0 Å². The normalized spacial score (nSPS) is 18.2. The molecule has 1 saturated heterocycles. The molecule has 2 fully saturated rings. The smallest absolute Gasteiger partial charge is 0.270 e. The molecule has 0 radical (unpaired) electrons. The Morgan fingerprint density at radius 1 is 1.07 bits per heavy atom. The van der Waals surface area contributed by atoms with E-state index in [-0.39, 0.29) is 17.5 Å². The molecule has 1 aromatic carbocycles. The number of amides is 2. The maximum atomic E-state index is 12.8. The number of rotatable bonds is 5. The summed E-state index contributed by atoms with van der Waals surface area (Å²) in [6.45, 7) is 1.99. The molecule has 7 nitrogen and oxygen atoms in total. The Hall–Kier alpha value is -1.71. The van der Waals surface area contributed by atoms with Crippen molar-refractivity contribution in [2.45, 2.75) is 44.9 Å². The fourth-order valence-corrected chi connectivity index (χ4v) is 4.65. The molecule has 0 aromatic heterocycles. The molecule has 28 heavy (non-hydrogen) atoms. The highest BCUT2D eigenvalue weighted by Gasteiger charge is 2.27. The Kier molecular flexibility index (Phi) is 7.25. The summed E-state index contributed by atoms with van der Waals surface area (Å²) in [5, 5.41) is 11.0. The average molecular weight is 499 g/mol. The second-order valence-corrected chi connectivity index (χ2v) is 8.80. The van der Waals surface area contributed by atoms with Crippen molar-refractivity contribution in [2.75, 3.05) is 26.2 Å². The zero-order valence-electron chi connectivity index (χ0n) is 15.9. The van der Waals surface area contributed by atoms with Crippen molar-refractivity contribution < 1.29 is 14.5 Å². The summed E-state index contributed by atoms with van der Waals surface area (Å²) in [5.41, 5.74) is 0.271. The molecule has 152 valence electrons. The fourth-order valence-electron chi connectivity index (χ4n) is 4.08. The Bertz CT molecular complexity index is 741. The molecular weight excluding hydrogens is 473 g/mol. The van der Waals surface area contributed by atoms with Gasteiger partial charge in [-0.3, -0.25) is 19.7 Å². The van der Waals surface area contributed by atoms with Gasteiger partial charge in [0.1, 0.15) is 0 Å². The van der Waals surface area contributed by atoms with Crippen LogP contribution in [-0.4, -0.2) is 52.7 Å². The van der Waals surface area contributed by atoms with Gasteiger partial charge in [-0.05, 0) is 41.0 Å². The van der Waals surface area contributed by atoms with Crippen LogP contribution in [0.1, 0.15) is 55.3 Å². The van der Waals surface area contributed by atoms with Gasteiger partial charge in [-0.2, -0.15) is 0 Å². The molecule has 0 atom stereocenters. The number of benzene rings is 1. The monoisotopic (exact) mass is 499 g/mol. The van der Waals surface area contributed by atoms with Crippen LogP contribution in [-0.2, 0) is 4.79 Å². The zero-order valence-corrected chi connectivity index (χ0v) is 18.1. The quantitative estimate of drug-likeness (QED) is 0.350. The van der Waals surface area contributed by atoms with Crippen LogP contribution in [0.25, 0.3) is 0 Å². The zero-order chi connectivity index (χ0) is 20.1. The van der Waals surface area contributed by atoms with Crippen LogP contribution in [0.15, 0.2) is 18.2 Å². The van der Waals surface area contributed by atoms with E-state index in [9.17, 15) is 19.7 Å². The highest BCUT2D eigenvalue weighted by molar-refractivity contribution is 14.1. The van der Waals surface area contributed by atoms with Gasteiger partial charge in [-0.25, -0.2) is 0 Å². The predicted octanol–water partition coefficient (Wildman–Crippen LogP) is 3.84. The van der Waals surface area contributed by atoms with Gasteiger partial charge in [0.25, 0.3) is 11.6 Å². The molecule has 0 N–H and O–H groups in total. The highest BCUT2D eigenvalue weighted by Crippen LogP contribution is 2.27. The molecule has 8 heteroatoms. The van der Waals surface area contributed by atoms with Crippen LogP contribution in [0, 0.1) is 19.6 Å². The van der Waals surface area contributed by atoms with Crippen molar-refractivity contribution in [3.05, 3.63) is 37.4 Å². The van der Waals surface area contributed by atoms with Crippen molar-refractivity contribution in [3.63, 3.8) is 0 Å². The molecule has 1 saturated carbocycles. The molecule has 0 spiro atoms. The summed E-state index contributed by atoms with van der Waals surface area (Å²) in [6.07, 6.45) is 7.97. The summed E-state index contributed by atoms with van der Waals surface area (Å²) in [5.74, 6) is 0.668. The summed E-state index contributed by atoms with van der Waals surface area (Å²) in [4.78, 5) is 39.3. The number of nitrogens with zero attached hydrogens (tertiary/aromatic N) is 3. The first-order valence-electron chi connectivity index (χ1n) is 9.96. The third-order valence-electron chi connectivity index (χ3n) is 5.80. The maximum Gasteiger partial charge on any atom is 0.270 e. The number of nitro groups is 1. The first kappa shape index (κ1) is 21.0.